The van der Waals surface area contributed by atoms with Crippen LogP contribution in [0.2, 0.25) is 0 Å². The van der Waals surface area contributed by atoms with Crippen molar-refractivity contribution in [2.45, 2.75) is 32.5 Å². The third kappa shape index (κ3) is 10.6. The van der Waals surface area contributed by atoms with Gasteiger partial charge in [0.2, 0.25) is 0 Å². The van der Waals surface area contributed by atoms with Crippen molar-refractivity contribution < 1.29 is 31.3 Å². The first-order chi connectivity index (χ1) is 9.58. The van der Waals surface area contributed by atoms with Crippen LogP contribution < -0.4 is 0 Å². The summed E-state index contributed by atoms with van der Waals surface area (Å²) >= 11 is 1.56. The molecule has 1 aromatic carbocycles. The van der Waals surface area contributed by atoms with Crippen molar-refractivity contribution in [2.75, 3.05) is 0 Å². The molecule has 0 aliphatic rings. The van der Waals surface area contributed by atoms with Crippen LogP contribution in [0.25, 0.3) is 0 Å². The Bertz CT molecular complexity index is 478. The maximum atomic E-state index is 8.56. The van der Waals surface area contributed by atoms with Crippen molar-refractivity contribution in [3.8, 4) is 0 Å². The first kappa shape index (κ1) is 20.2. The predicted octanol–water partition coefficient (Wildman–Crippen LogP) is 3.43. The Kier molecular flexibility index (Phi) is 11.4. The third-order valence-electron chi connectivity index (χ3n) is 2.28. The number of rotatable bonds is 4. The van der Waals surface area contributed by atoms with E-state index in [-0.39, 0.29) is 33.3 Å². The number of thiophene rings is 1. The van der Waals surface area contributed by atoms with Gasteiger partial charge in [-0.15, -0.1) is 10.9 Å². The fourth-order valence-corrected chi connectivity index (χ4v) is 2.00. The molecule has 0 fully saturated rings. The van der Waals surface area contributed by atoms with E-state index >= 15 is 0 Å². The van der Waals surface area contributed by atoms with Gasteiger partial charge in [0.25, 0.3) is 0 Å². The molecule has 0 saturated carbocycles. The van der Waals surface area contributed by atoms with E-state index in [1.54, 1.807) is 25.2 Å². The first-order valence-electron chi connectivity index (χ1n) is 6.48. The van der Waals surface area contributed by atoms with Gasteiger partial charge in [-0.3, -0.25) is 11.3 Å². The Labute approximate surface area is 144 Å². The quantitative estimate of drug-likeness (QED) is 0.515. The van der Waals surface area contributed by atoms with Gasteiger partial charge in [0, 0.05) is 21.1 Å². The average molecular weight is 485 g/mol. The number of nitrogens with zero attached hydrogens (tertiary/aromatic N) is 1. The molecule has 3 nitrogen and oxygen atoms in total. The third-order valence-corrected chi connectivity index (χ3v) is 2.91. The van der Waals surface area contributed by atoms with Crippen LogP contribution in [0.3, 0.4) is 0 Å². The van der Waals surface area contributed by atoms with Crippen molar-refractivity contribution in [3.05, 3.63) is 52.7 Å². The Morgan fingerprint density at radius 1 is 1.14 bits per heavy atom. The molecule has 0 spiro atoms. The molecule has 1 aromatic heterocycles. The molecule has 2 N–H and O–H groups in total. The monoisotopic (exact) mass is 485 g/mol. The second kappa shape index (κ2) is 11.8. The predicted molar refractivity (Wildman–Crippen MR) is 84.8 cm³/mol. The fourth-order valence-electron chi connectivity index (χ4n) is 1.46. The summed E-state index contributed by atoms with van der Waals surface area (Å²) in [6.07, 6.45) is 1.55. The van der Waals surface area contributed by atoms with Crippen molar-refractivity contribution >= 4 is 23.2 Å². The minimum atomic E-state index is -0.375. The Morgan fingerprint density at radius 3 is 2.19 bits per heavy atom. The van der Waals surface area contributed by atoms with E-state index in [2.05, 4.69) is 10.4 Å². The molecule has 1 heterocycles. The molecule has 118 valence electrons. The van der Waals surface area contributed by atoms with Gasteiger partial charge in [-0.25, -0.2) is 0 Å². The Balaban J connectivity index is 0.000000436. The van der Waals surface area contributed by atoms with Gasteiger partial charge in [-0.2, -0.15) is 6.07 Å². The second-order valence-corrected chi connectivity index (χ2v) is 5.22. The van der Waals surface area contributed by atoms with Gasteiger partial charge in [-0.05, 0) is 38.6 Å². The summed E-state index contributed by atoms with van der Waals surface area (Å²) in [6.45, 7) is 3.32. The van der Waals surface area contributed by atoms with E-state index in [9.17, 15) is 0 Å². The topological polar surface area (TPSA) is 52.8 Å². The van der Waals surface area contributed by atoms with Crippen LogP contribution in [-0.4, -0.2) is 28.6 Å². The number of aliphatic hydroxyl groups is 2. The smallest absolute Gasteiger partial charge is 0.0536 e. The molecule has 0 amide bonds. The van der Waals surface area contributed by atoms with E-state index < -0.39 is 0 Å². The number of aliphatic imine (C=N–C) groups is 1. The van der Waals surface area contributed by atoms with Gasteiger partial charge in [-0.1, -0.05) is 23.6 Å². The maximum absolute atomic E-state index is 8.56. The summed E-state index contributed by atoms with van der Waals surface area (Å²) in [7, 11) is 0. The SMILES string of the molecule is CC(O)CC(C)O.[Pt].[c-]1sccc1C=Nc1ccccc1. The van der Waals surface area contributed by atoms with E-state index in [4.69, 9.17) is 10.2 Å². The van der Waals surface area contributed by atoms with Crippen LogP contribution in [-0.2, 0) is 21.1 Å². The summed E-state index contributed by atoms with van der Waals surface area (Å²) in [5, 5.41) is 22.2. The van der Waals surface area contributed by atoms with Gasteiger partial charge in [0.15, 0.2) is 0 Å². The summed E-state index contributed by atoms with van der Waals surface area (Å²) < 4.78 is 0. The number of benzene rings is 1. The molecule has 0 bridgehead atoms. The van der Waals surface area contributed by atoms with Crippen molar-refractivity contribution in [2.24, 2.45) is 4.99 Å². The van der Waals surface area contributed by atoms with Crippen LogP contribution in [0.4, 0.5) is 5.69 Å². The number of aliphatic hydroxyl groups excluding tert-OH is 2. The zero-order valence-corrected chi connectivity index (χ0v) is 15.1. The van der Waals surface area contributed by atoms with Gasteiger partial charge < -0.3 is 15.2 Å². The van der Waals surface area contributed by atoms with Gasteiger partial charge in [0.05, 0.1) is 17.9 Å². The molecule has 5 heteroatoms. The summed E-state index contributed by atoms with van der Waals surface area (Å²) in [6, 6.07) is 11.9. The summed E-state index contributed by atoms with van der Waals surface area (Å²) in [5.74, 6) is 0. The number of para-hydroxylation sites is 1. The van der Waals surface area contributed by atoms with E-state index in [1.165, 1.54) is 0 Å². The Hall–Kier alpha value is -0.802. The zero-order valence-electron chi connectivity index (χ0n) is 12.0. The molecule has 2 rings (SSSR count). The Morgan fingerprint density at radius 2 is 1.76 bits per heavy atom. The molecule has 0 radical (unpaired) electrons. The van der Waals surface area contributed by atoms with Crippen LogP contribution in [0.15, 0.2) is 46.8 Å². The summed E-state index contributed by atoms with van der Waals surface area (Å²) in [4.78, 5) is 4.30. The zero-order chi connectivity index (χ0) is 14.8. The standard InChI is InChI=1S/C11H8NS.C5H12O2.Pt/c1-2-4-11(5-3-1)12-8-10-6-7-13-9-10;1-4(6)3-5(2)7;/h1-8H;4-7H,3H2,1-2H3;/q-1;;. The number of hydrogen-bond acceptors (Lipinski definition) is 4. The first-order valence-corrected chi connectivity index (χ1v) is 7.36. The van der Waals surface area contributed by atoms with Crippen molar-refractivity contribution in [3.63, 3.8) is 0 Å². The maximum Gasteiger partial charge on any atom is 0.0536 e. The minimum absolute atomic E-state index is 0. The van der Waals surface area contributed by atoms with Crippen LogP contribution >= 0.6 is 11.3 Å². The minimum Gasteiger partial charge on any atom is -0.393 e. The molecule has 0 aliphatic heterocycles. The molecule has 2 atom stereocenters. The van der Waals surface area contributed by atoms with Crippen LogP contribution in [0.1, 0.15) is 25.8 Å². The van der Waals surface area contributed by atoms with Crippen LogP contribution in [0.5, 0.6) is 0 Å². The van der Waals surface area contributed by atoms with E-state index in [0.29, 0.717) is 6.42 Å². The van der Waals surface area contributed by atoms with Crippen molar-refractivity contribution in [1.29, 1.82) is 0 Å². The van der Waals surface area contributed by atoms with E-state index in [1.807, 2.05) is 48.0 Å². The molecular formula is C16H20NO2PtS-. The normalized spacial score (nSPS) is 13.0. The van der Waals surface area contributed by atoms with Crippen LogP contribution in [0, 0.1) is 5.38 Å². The van der Waals surface area contributed by atoms with Crippen molar-refractivity contribution in [1.82, 2.24) is 0 Å². The summed E-state index contributed by atoms with van der Waals surface area (Å²) in [5.41, 5.74) is 2.01. The second-order valence-electron chi connectivity index (χ2n) is 4.51. The molecule has 2 unspecified atom stereocenters. The van der Waals surface area contributed by atoms with E-state index in [0.717, 1.165) is 11.3 Å². The number of hydrogen-bond donors (Lipinski definition) is 2. The molecule has 0 aliphatic carbocycles. The molecule has 21 heavy (non-hydrogen) atoms. The average Bonchev–Trinajstić information content (AvgIpc) is 2.90. The largest absolute Gasteiger partial charge is 0.393 e. The fraction of sp³-hybridized carbons (Fsp3) is 0.312. The van der Waals surface area contributed by atoms with Gasteiger partial charge >= 0.3 is 0 Å². The molecular weight excluding hydrogens is 465 g/mol. The molecule has 2 aromatic rings. The van der Waals surface area contributed by atoms with Gasteiger partial charge in [0.1, 0.15) is 0 Å². The molecule has 0 saturated heterocycles.